The number of pyridine rings is 1. The van der Waals surface area contributed by atoms with E-state index in [1.54, 1.807) is 6.07 Å². The third-order valence-electron chi connectivity index (χ3n) is 2.73. The first-order valence-electron chi connectivity index (χ1n) is 6.23. The number of anilines is 1. The van der Waals surface area contributed by atoms with Crippen LogP contribution in [0.2, 0.25) is 0 Å². The van der Waals surface area contributed by atoms with Gasteiger partial charge in [0.05, 0.1) is 16.7 Å². The van der Waals surface area contributed by atoms with Gasteiger partial charge in [0.15, 0.2) is 0 Å². The number of nitrogens with zero attached hydrogens (tertiary/aromatic N) is 2. The molecule has 0 saturated carbocycles. The summed E-state index contributed by atoms with van der Waals surface area (Å²) in [7, 11) is -4.59. The molecule has 0 unspecified atom stereocenters. The predicted octanol–water partition coefficient (Wildman–Crippen LogP) is -2.96. The fourth-order valence-corrected chi connectivity index (χ4v) is 2.32. The molecule has 0 aliphatic heterocycles. The van der Waals surface area contributed by atoms with Gasteiger partial charge in [-0.3, -0.25) is 15.6 Å². The molecule has 0 spiro atoms. The molecule has 0 aliphatic carbocycles. The zero-order valence-electron chi connectivity index (χ0n) is 12.6. The smallest absolute Gasteiger partial charge is 0.744 e. The monoisotopic (exact) mass is 357 g/mol. The minimum atomic E-state index is -4.59. The van der Waals surface area contributed by atoms with Crippen molar-refractivity contribution in [1.29, 1.82) is 0 Å². The first-order chi connectivity index (χ1) is 10.9. The second-order valence-corrected chi connectivity index (χ2v) is 5.62. The van der Waals surface area contributed by atoms with E-state index in [0.29, 0.717) is 5.82 Å². The van der Waals surface area contributed by atoms with Crippen LogP contribution in [0.1, 0.15) is 15.9 Å². The van der Waals surface area contributed by atoms with E-state index < -0.39 is 16.0 Å². The minimum absolute atomic E-state index is 0. The summed E-state index contributed by atoms with van der Waals surface area (Å²) in [6.45, 7) is 0. The van der Waals surface area contributed by atoms with E-state index >= 15 is 0 Å². The molecule has 11 heteroatoms. The van der Waals surface area contributed by atoms with Crippen molar-refractivity contribution in [3.05, 3.63) is 53.7 Å². The summed E-state index contributed by atoms with van der Waals surface area (Å²) in [5, 5.41) is 3.81. The normalized spacial score (nSPS) is 10.9. The van der Waals surface area contributed by atoms with Crippen molar-refractivity contribution in [2.45, 2.75) is 4.90 Å². The van der Waals surface area contributed by atoms with Crippen molar-refractivity contribution in [2.75, 3.05) is 5.43 Å². The molecule has 1 aromatic carbocycles. The zero-order chi connectivity index (χ0) is 16.9. The van der Waals surface area contributed by atoms with Crippen LogP contribution in [0, 0.1) is 0 Å². The van der Waals surface area contributed by atoms with E-state index in [0.717, 1.165) is 0 Å². The maximum absolute atomic E-state index is 11.2. The summed E-state index contributed by atoms with van der Waals surface area (Å²) in [5.41, 5.74) is 4.94. The van der Waals surface area contributed by atoms with Crippen LogP contribution in [0.5, 0.6) is 0 Å². The first kappa shape index (κ1) is 20.2. The van der Waals surface area contributed by atoms with Crippen LogP contribution in [0.25, 0.3) is 0 Å². The number of hydrogen-bond donors (Lipinski definition) is 3. The third kappa shape index (κ3) is 5.37. The average Bonchev–Trinajstić information content (AvgIpc) is 2.54. The molecular weight excluding hydrogens is 345 g/mol. The Hall–Kier alpha value is -1.82. The molecule has 0 bridgehead atoms. The van der Waals surface area contributed by atoms with Gasteiger partial charge in [0, 0.05) is 11.8 Å². The number of aromatic nitrogens is 1. The Balaban J connectivity index is 0.00000288. The SMILES string of the molecule is NNC(=O)c1ccc(NN=Cc2ccccc2S(=O)(=O)[O-])nc1.[Na+]. The first-order valence-corrected chi connectivity index (χ1v) is 7.63. The van der Waals surface area contributed by atoms with Crippen molar-refractivity contribution < 1.29 is 47.3 Å². The minimum Gasteiger partial charge on any atom is -0.744 e. The number of amides is 1. The standard InChI is InChI=1S/C13H13N5O4S.Na/c14-17-13(19)10-5-6-12(15-7-10)18-16-8-9-3-1-2-4-11(9)23(20,21)22;/h1-8H,14H2,(H,15,18)(H,17,19)(H,20,21,22);/q;+1/p-1. The molecule has 2 aromatic rings. The van der Waals surface area contributed by atoms with Gasteiger partial charge in [0.1, 0.15) is 15.9 Å². The summed E-state index contributed by atoms with van der Waals surface area (Å²) in [4.78, 5) is 14.8. The molecule has 1 amide bonds. The number of hydrazone groups is 1. The van der Waals surface area contributed by atoms with Gasteiger partial charge in [-0.2, -0.15) is 5.10 Å². The molecule has 1 aromatic heterocycles. The van der Waals surface area contributed by atoms with Crippen LogP contribution in [0.3, 0.4) is 0 Å². The fraction of sp³-hybridized carbons (Fsp3) is 0. The maximum Gasteiger partial charge on any atom is 1.00 e. The van der Waals surface area contributed by atoms with E-state index in [4.69, 9.17) is 5.84 Å². The van der Waals surface area contributed by atoms with Gasteiger partial charge in [-0.15, -0.1) is 0 Å². The van der Waals surface area contributed by atoms with Gasteiger partial charge in [0.25, 0.3) is 5.91 Å². The van der Waals surface area contributed by atoms with Crippen molar-refractivity contribution in [2.24, 2.45) is 10.9 Å². The summed E-state index contributed by atoms with van der Waals surface area (Å²) >= 11 is 0. The second-order valence-electron chi connectivity index (χ2n) is 4.27. The molecular formula is C13H12N5NaO4S. The van der Waals surface area contributed by atoms with Crippen LogP contribution in [0.4, 0.5) is 5.82 Å². The molecule has 24 heavy (non-hydrogen) atoms. The Morgan fingerprint density at radius 2 is 1.96 bits per heavy atom. The second kappa shape index (κ2) is 8.87. The molecule has 4 N–H and O–H groups in total. The Bertz CT molecular complexity index is 840. The number of nitrogens with two attached hydrogens (primary N) is 1. The van der Waals surface area contributed by atoms with Crippen molar-refractivity contribution in [3.8, 4) is 0 Å². The summed E-state index contributed by atoms with van der Waals surface area (Å²) in [5.74, 6) is 4.83. The summed E-state index contributed by atoms with van der Waals surface area (Å²) in [6.07, 6.45) is 2.48. The maximum atomic E-state index is 11.2. The summed E-state index contributed by atoms with van der Waals surface area (Å²) < 4.78 is 33.4. The van der Waals surface area contributed by atoms with Gasteiger partial charge in [-0.05, 0) is 18.2 Å². The van der Waals surface area contributed by atoms with Crippen molar-refractivity contribution in [3.63, 3.8) is 0 Å². The van der Waals surface area contributed by atoms with E-state index in [1.165, 1.54) is 42.7 Å². The van der Waals surface area contributed by atoms with Gasteiger partial charge < -0.3 is 4.55 Å². The van der Waals surface area contributed by atoms with Crippen molar-refractivity contribution >= 4 is 28.1 Å². The number of nitrogens with one attached hydrogen (secondary N) is 2. The molecule has 0 fully saturated rings. The van der Waals surface area contributed by atoms with Gasteiger partial charge >= 0.3 is 29.6 Å². The quantitative estimate of drug-likeness (QED) is 0.129. The fourth-order valence-electron chi connectivity index (χ4n) is 1.66. The molecule has 2 rings (SSSR count). The molecule has 0 saturated heterocycles. The molecule has 9 nitrogen and oxygen atoms in total. The van der Waals surface area contributed by atoms with Crippen molar-refractivity contribution in [1.82, 2.24) is 10.4 Å². The molecule has 0 aliphatic rings. The summed E-state index contributed by atoms with van der Waals surface area (Å²) in [6, 6.07) is 8.62. The molecule has 1 heterocycles. The topological polar surface area (TPSA) is 150 Å². The number of rotatable bonds is 5. The molecule has 0 atom stereocenters. The number of carbonyl (C=O) groups excluding carboxylic acids is 1. The Kier molecular flexibility index (Phi) is 7.48. The Morgan fingerprint density at radius 3 is 2.54 bits per heavy atom. The van der Waals surface area contributed by atoms with Crippen LogP contribution < -0.4 is 46.3 Å². The van der Waals surface area contributed by atoms with E-state index in [1.807, 2.05) is 5.43 Å². The van der Waals surface area contributed by atoms with Crippen LogP contribution in [-0.4, -0.2) is 30.1 Å². The number of hydrogen-bond acceptors (Lipinski definition) is 8. The number of benzene rings is 1. The van der Waals surface area contributed by atoms with Gasteiger partial charge in [-0.1, -0.05) is 18.2 Å². The van der Waals surface area contributed by atoms with Gasteiger partial charge in [-0.25, -0.2) is 19.2 Å². The van der Waals surface area contributed by atoms with Crippen LogP contribution >= 0.6 is 0 Å². The average molecular weight is 357 g/mol. The largest absolute Gasteiger partial charge is 1.00 e. The zero-order valence-corrected chi connectivity index (χ0v) is 15.4. The number of hydrazine groups is 1. The molecule has 120 valence electrons. The number of carbonyl (C=O) groups is 1. The van der Waals surface area contributed by atoms with E-state index in [2.05, 4.69) is 15.5 Å². The third-order valence-corrected chi connectivity index (χ3v) is 3.64. The van der Waals surface area contributed by atoms with E-state index in [-0.39, 0.29) is 45.6 Å². The van der Waals surface area contributed by atoms with E-state index in [9.17, 15) is 17.8 Å². The Labute approximate surface area is 160 Å². The number of nitrogen functional groups attached to an aromatic ring is 1. The molecule has 0 radical (unpaired) electrons. The van der Waals surface area contributed by atoms with Crippen LogP contribution in [-0.2, 0) is 10.1 Å². The van der Waals surface area contributed by atoms with Gasteiger partial charge in [0.2, 0.25) is 0 Å². The predicted molar refractivity (Wildman–Crippen MR) is 81.5 cm³/mol. The van der Waals surface area contributed by atoms with Crippen LogP contribution in [0.15, 0.2) is 52.6 Å². The Morgan fingerprint density at radius 1 is 1.25 bits per heavy atom.